The third-order valence-electron chi connectivity index (χ3n) is 3.77. The number of hydrogen-bond acceptors (Lipinski definition) is 5. The zero-order valence-corrected chi connectivity index (χ0v) is 15.2. The molecule has 5 nitrogen and oxygen atoms in total. The zero-order valence-electron chi connectivity index (χ0n) is 15.2. The van der Waals surface area contributed by atoms with E-state index in [1.165, 1.54) is 5.56 Å². The molecule has 0 aliphatic heterocycles. The van der Waals surface area contributed by atoms with Gasteiger partial charge in [0.05, 0.1) is 7.11 Å². The second-order valence-electron chi connectivity index (χ2n) is 5.85. The van der Waals surface area contributed by atoms with Crippen molar-refractivity contribution in [1.82, 2.24) is 9.97 Å². The van der Waals surface area contributed by atoms with Crippen molar-refractivity contribution in [3.8, 4) is 5.75 Å². The molecule has 0 unspecified atom stereocenters. The zero-order chi connectivity index (χ0) is 17.4. The van der Waals surface area contributed by atoms with E-state index in [0.29, 0.717) is 0 Å². The molecule has 0 saturated carbocycles. The van der Waals surface area contributed by atoms with E-state index in [1.807, 2.05) is 25.1 Å². The van der Waals surface area contributed by atoms with Gasteiger partial charge in [-0.2, -0.15) is 0 Å². The Kier molecular flexibility index (Phi) is 6.85. The molecule has 0 atom stereocenters. The first-order chi connectivity index (χ1) is 11.7. The first-order valence-electron chi connectivity index (χ1n) is 8.63. The fourth-order valence-electron chi connectivity index (χ4n) is 2.62. The predicted octanol–water partition coefficient (Wildman–Crippen LogP) is 4.03. The van der Waals surface area contributed by atoms with Crippen molar-refractivity contribution in [1.29, 1.82) is 0 Å². The summed E-state index contributed by atoms with van der Waals surface area (Å²) in [4.78, 5) is 11.4. The molecule has 1 N–H and O–H groups in total. The monoisotopic (exact) mass is 328 g/mol. The third-order valence-corrected chi connectivity index (χ3v) is 3.77. The van der Waals surface area contributed by atoms with Crippen molar-refractivity contribution < 1.29 is 4.74 Å². The molecule has 0 aliphatic rings. The van der Waals surface area contributed by atoms with Gasteiger partial charge in [-0.05, 0) is 37.5 Å². The number of nitrogens with one attached hydrogen (secondary N) is 1. The molecule has 0 bridgehead atoms. The van der Waals surface area contributed by atoms with Gasteiger partial charge in [-0.15, -0.1) is 0 Å². The minimum absolute atomic E-state index is 0.724. The molecule has 1 aromatic heterocycles. The van der Waals surface area contributed by atoms with Crippen LogP contribution in [0.2, 0.25) is 0 Å². The molecule has 0 radical (unpaired) electrons. The Morgan fingerprint density at radius 3 is 2.29 bits per heavy atom. The number of anilines is 2. The van der Waals surface area contributed by atoms with E-state index < -0.39 is 0 Å². The average molecular weight is 328 g/mol. The van der Waals surface area contributed by atoms with Gasteiger partial charge in [0.2, 0.25) is 0 Å². The molecule has 0 aliphatic carbocycles. The minimum Gasteiger partial charge on any atom is -0.497 e. The van der Waals surface area contributed by atoms with E-state index in [0.717, 1.165) is 55.7 Å². The second-order valence-corrected chi connectivity index (χ2v) is 5.85. The van der Waals surface area contributed by atoms with Gasteiger partial charge in [0.1, 0.15) is 23.2 Å². The van der Waals surface area contributed by atoms with E-state index in [2.05, 4.69) is 46.2 Å². The molecule has 5 heteroatoms. The number of ether oxygens (including phenoxy) is 1. The van der Waals surface area contributed by atoms with Gasteiger partial charge in [-0.25, -0.2) is 9.97 Å². The van der Waals surface area contributed by atoms with Crippen LogP contribution in [0.15, 0.2) is 30.3 Å². The molecule has 1 heterocycles. The van der Waals surface area contributed by atoms with E-state index >= 15 is 0 Å². The lowest BCUT2D eigenvalue weighted by molar-refractivity contribution is 0.414. The first-order valence-corrected chi connectivity index (χ1v) is 8.63. The summed E-state index contributed by atoms with van der Waals surface area (Å²) in [5, 5.41) is 3.40. The second kappa shape index (κ2) is 9.11. The molecule has 0 saturated heterocycles. The summed E-state index contributed by atoms with van der Waals surface area (Å²) in [6.45, 7) is 9.09. The highest BCUT2D eigenvalue weighted by atomic mass is 16.5. The highest BCUT2D eigenvalue weighted by molar-refractivity contribution is 5.49. The van der Waals surface area contributed by atoms with E-state index in [4.69, 9.17) is 4.74 Å². The van der Waals surface area contributed by atoms with E-state index in [9.17, 15) is 0 Å². The normalized spacial score (nSPS) is 10.5. The van der Waals surface area contributed by atoms with Gasteiger partial charge in [0.25, 0.3) is 0 Å². The van der Waals surface area contributed by atoms with E-state index in [-0.39, 0.29) is 0 Å². The standard InChI is InChI=1S/C19H28N4O/c1-5-11-23(12-6-2)19-13-18(21-15(3)22-19)20-14-16-7-9-17(24-4)10-8-16/h7-10,13H,5-6,11-12,14H2,1-4H3,(H,20,21,22). The maximum atomic E-state index is 5.19. The molecule has 1 aromatic carbocycles. The lowest BCUT2D eigenvalue weighted by Crippen LogP contribution is -2.26. The summed E-state index contributed by atoms with van der Waals surface area (Å²) in [6, 6.07) is 10.1. The number of methoxy groups -OCH3 is 1. The molecule has 0 amide bonds. The number of rotatable bonds is 9. The number of aromatic nitrogens is 2. The molecule has 0 spiro atoms. The number of nitrogens with zero attached hydrogens (tertiary/aromatic N) is 3. The van der Waals surface area contributed by atoms with Crippen LogP contribution in [0.3, 0.4) is 0 Å². The molecule has 2 rings (SSSR count). The largest absolute Gasteiger partial charge is 0.497 e. The van der Waals surface area contributed by atoms with Crippen LogP contribution >= 0.6 is 0 Å². The molecule has 130 valence electrons. The van der Waals surface area contributed by atoms with Crippen LogP contribution in [0.4, 0.5) is 11.6 Å². The van der Waals surface area contributed by atoms with Gasteiger partial charge >= 0.3 is 0 Å². The topological polar surface area (TPSA) is 50.3 Å². The van der Waals surface area contributed by atoms with Crippen LogP contribution in [0.1, 0.15) is 38.1 Å². The quantitative estimate of drug-likeness (QED) is 0.753. The Labute approximate surface area is 145 Å². The smallest absolute Gasteiger partial charge is 0.134 e. The SMILES string of the molecule is CCCN(CCC)c1cc(NCc2ccc(OC)cc2)nc(C)n1. The summed E-state index contributed by atoms with van der Waals surface area (Å²) >= 11 is 0. The number of benzene rings is 1. The average Bonchev–Trinajstić information content (AvgIpc) is 2.60. The highest BCUT2D eigenvalue weighted by Crippen LogP contribution is 2.18. The molecular formula is C19H28N4O. The van der Waals surface area contributed by atoms with E-state index in [1.54, 1.807) is 7.11 Å². The van der Waals surface area contributed by atoms with Crippen molar-refractivity contribution in [2.75, 3.05) is 30.4 Å². The summed E-state index contributed by atoms with van der Waals surface area (Å²) in [5.41, 5.74) is 1.19. The fourth-order valence-corrected chi connectivity index (χ4v) is 2.62. The van der Waals surface area contributed by atoms with Gasteiger partial charge < -0.3 is 15.0 Å². The van der Waals surface area contributed by atoms with Crippen LogP contribution in [0.5, 0.6) is 5.75 Å². The summed E-state index contributed by atoms with van der Waals surface area (Å²) in [6.07, 6.45) is 2.22. The van der Waals surface area contributed by atoms with Gasteiger partial charge in [0, 0.05) is 25.7 Å². The fraction of sp³-hybridized carbons (Fsp3) is 0.474. The Morgan fingerprint density at radius 1 is 1.04 bits per heavy atom. The predicted molar refractivity (Wildman–Crippen MR) is 99.9 cm³/mol. The maximum Gasteiger partial charge on any atom is 0.134 e. The Morgan fingerprint density at radius 2 is 1.71 bits per heavy atom. The number of hydrogen-bond donors (Lipinski definition) is 1. The van der Waals surface area contributed by atoms with Crippen LogP contribution in [0, 0.1) is 6.92 Å². The lowest BCUT2D eigenvalue weighted by Gasteiger charge is -2.23. The third kappa shape index (κ3) is 5.11. The first kappa shape index (κ1) is 18.0. The Bertz CT molecular complexity index is 622. The minimum atomic E-state index is 0.724. The van der Waals surface area contributed by atoms with Gasteiger partial charge in [-0.1, -0.05) is 26.0 Å². The van der Waals surface area contributed by atoms with Crippen LogP contribution in [-0.4, -0.2) is 30.2 Å². The maximum absolute atomic E-state index is 5.19. The Balaban J connectivity index is 2.09. The molecule has 0 fully saturated rings. The lowest BCUT2D eigenvalue weighted by atomic mass is 10.2. The Hall–Kier alpha value is -2.30. The molecule has 2 aromatic rings. The van der Waals surface area contributed by atoms with Crippen LogP contribution < -0.4 is 15.0 Å². The van der Waals surface area contributed by atoms with Crippen molar-refractivity contribution in [2.24, 2.45) is 0 Å². The van der Waals surface area contributed by atoms with Gasteiger partial charge in [0.15, 0.2) is 0 Å². The summed E-state index contributed by atoms with van der Waals surface area (Å²) in [5.74, 6) is 3.53. The summed E-state index contributed by atoms with van der Waals surface area (Å²) < 4.78 is 5.19. The van der Waals surface area contributed by atoms with Gasteiger partial charge in [-0.3, -0.25) is 0 Å². The highest BCUT2D eigenvalue weighted by Gasteiger charge is 2.09. The molecule has 24 heavy (non-hydrogen) atoms. The van der Waals surface area contributed by atoms with Crippen molar-refractivity contribution in [3.05, 3.63) is 41.7 Å². The van der Waals surface area contributed by atoms with Crippen LogP contribution in [-0.2, 0) is 6.54 Å². The molecular weight excluding hydrogens is 300 g/mol. The van der Waals surface area contributed by atoms with Crippen molar-refractivity contribution >= 4 is 11.6 Å². The number of aryl methyl sites for hydroxylation is 1. The van der Waals surface area contributed by atoms with Crippen molar-refractivity contribution in [3.63, 3.8) is 0 Å². The van der Waals surface area contributed by atoms with Crippen LogP contribution in [0.25, 0.3) is 0 Å². The summed E-state index contributed by atoms with van der Waals surface area (Å²) in [7, 11) is 1.68. The van der Waals surface area contributed by atoms with Crippen molar-refractivity contribution in [2.45, 2.75) is 40.2 Å².